The Kier molecular flexibility index (Phi) is 3.61. The van der Waals surface area contributed by atoms with Crippen molar-refractivity contribution >= 4 is 16.8 Å². The number of piperazine rings is 1. The van der Waals surface area contributed by atoms with Gasteiger partial charge in [-0.1, -0.05) is 12.1 Å². The number of carbonyl (C=O) groups is 1. The molecule has 3 atom stereocenters. The van der Waals surface area contributed by atoms with Gasteiger partial charge in [-0.25, -0.2) is 0 Å². The van der Waals surface area contributed by atoms with Crippen LogP contribution in [-0.2, 0) is 11.2 Å². The second-order valence-corrected chi connectivity index (χ2v) is 8.09. The average Bonchev–Trinajstić information content (AvgIpc) is 3.01. The number of nitrogens with one attached hydrogen (secondary N) is 2. The molecule has 132 valence electrons. The molecular weight excluding hydrogens is 312 g/mol. The minimum Gasteiger partial charge on any atom is -0.361 e. The summed E-state index contributed by atoms with van der Waals surface area (Å²) in [5.74, 6) is 1.41. The maximum Gasteiger partial charge on any atom is 0.234 e. The van der Waals surface area contributed by atoms with E-state index in [1.54, 1.807) is 0 Å². The second kappa shape index (κ2) is 5.85. The maximum absolute atomic E-state index is 11.7. The van der Waals surface area contributed by atoms with E-state index in [9.17, 15) is 4.79 Å². The highest BCUT2D eigenvalue weighted by atomic mass is 16.2. The van der Waals surface area contributed by atoms with Gasteiger partial charge in [-0.2, -0.15) is 0 Å². The van der Waals surface area contributed by atoms with Crippen LogP contribution < -0.4 is 5.32 Å². The molecule has 0 spiro atoms. The highest BCUT2D eigenvalue weighted by molar-refractivity contribution is 5.88. The second-order valence-electron chi connectivity index (χ2n) is 8.09. The Labute approximate surface area is 148 Å². The summed E-state index contributed by atoms with van der Waals surface area (Å²) in [6.45, 7) is 4.51. The highest BCUT2D eigenvalue weighted by Crippen LogP contribution is 2.44. The first-order valence-corrected chi connectivity index (χ1v) is 9.47. The third-order valence-corrected chi connectivity index (χ3v) is 6.45. The minimum atomic E-state index is 0.174. The van der Waals surface area contributed by atoms with Crippen LogP contribution in [0.4, 0.5) is 0 Å². The lowest BCUT2D eigenvalue weighted by Gasteiger charge is -2.46. The van der Waals surface area contributed by atoms with Gasteiger partial charge in [-0.15, -0.1) is 0 Å². The largest absolute Gasteiger partial charge is 0.361 e. The Hall–Kier alpha value is -1.85. The molecule has 2 N–H and O–H groups in total. The number of likely N-dealkylation sites (tertiary alicyclic amines) is 1. The van der Waals surface area contributed by atoms with Crippen molar-refractivity contribution in [1.29, 1.82) is 0 Å². The van der Waals surface area contributed by atoms with Gasteiger partial charge in [0.05, 0.1) is 6.54 Å². The van der Waals surface area contributed by atoms with Crippen LogP contribution in [0.1, 0.15) is 23.5 Å². The SMILES string of the molecule is CN1C[C@H](CN2CCNC(=O)C2)CC2c3cccc4[nH]cc(c34)C[C@H]21. The number of amides is 1. The number of H-pyrrole nitrogens is 1. The number of benzene rings is 1. The zero-order valence-corrected chi connectivity index (χ0v) is 14.8. The summed E-state index contributed by atoms with van der Waals surface area (Å²) in [5, 5.41) is 4.40. The molecule has 5 nitrogen and oxygen atoms in total. The molecule has 5 rings (SSSR count). The first kappa shape index (κ1) is 15.4. The number of nitrogens with zero attached hydrogens (tertiary/aromatic N) is 2. The Morgan fingerprint density at radius 1 is 1.32 bits per heavy atom. The molecular formula is C20H26N4O. The number of fused-ring (bicyclic) bond motifs is 2. The van der Waals surface area contributed by atoms with Crippen molar-refractivity contribution in [1.82, 2.24) is 20.1 Å². The lowest BCUT2D eigenvalue weighted by atomic mass is 9.72. The first-order chi connectivity index (χ1) is 12.2. The van der Waals surface area contributed by atoms with Crippen molar-refractivity contribution in [2.45, 2.75) is 24.8 Å². The lowest BCUT2D eigenvalue weighted by molar-refractivity contribution is -0.124. The molecule has 1 aliphatic carbocycles. The fourth-order valence-corrected chi connectivity index (χ4v) is 5.40. The molecule has 2 aromatic rings. The van der Waals surface area contributed by atoms with Crippen LogP contribution in [0.3, 0.4) is 0 Å². The van der Waals surface area contributed by atoms with Gasteiger partial charge in [0.2, 0.25) is 5.91 Å². The monoisotopic (exact) mass is 338 g/mol. The van der Waals surface area contributed by atoms with Gasteiger partial charge in [0.15, 0.2) is 0 Å². The topological polar surface area (TPSA) is 51.4 Å². The Morgan fingerprint density at radius 3 is 3.12 bits per heavy atom. The van der Waals surface area contributed by atoms with E-state index >= 15 is 0 Å². The predicted molar refractivity (Wildman–Crippen MR) is 98.7 cm³/mol. The van der Waals surface area contributed by atoms with Gasteiger partial charge in [0.1, 0.15) is 0 Å². The third-order valence-electron chi connectivity index (χ3n) is 6.45. The standard InChI is InChI=1S/C20H26N4O/c1-23-10-13(11-24-6-5-21-19(25)12-24)7-16-15-3-2-4-17-20(15)14(9-22-17)8-18(16)23/h2-4,9,13,16,18,22H,5-8,10-12H2,1H3,(H,21,25)/t13-,16?,18-/m1/s1. The zero-order valence-electron chi connectivity index (χ0n) is 14.8. The van der Waals surface area contributed by atoms with Gasteiger partial charge in [-0.05, 0) is 43.0 Å². The van der Waals surface area contributed by atoms with Crippen molar-refractivity contribution in [2.75, 3.05) is 39.8 Å². The summed E-state index contributed by atoms with van der Waals surface area (Å²) in [7, 11) is 2.28. The van der Waals surface area contributed by atoms with Crippen LogP contribution in [0.15, 0.2) is 24.4 Å². The molecule has 2 fully saturated rings. The number of aromatic amines is 1. The Balaban J connectivity index is 1.41. The van der Waals surface area contributed by atoms with E-state index in [2.05, 4.69) is 51.5 Å². The van der Waals surface area contributed by atoms with Gasteiger partial charge >= 0.3 is 0 Å². The molecule has 0 bridgehead atoms. The van der Waals surface area contributed by atoms with Crippen LogP contribution in [0, 0.1) is 5.92 Å². The normalized spacial score (nSPS) is 30.3. The third kappa shape index (κ3) is 2.57. The molecule has 3 aliphatic rings. The summed E-state index contributed by atoms with van der Waals surface area (Å²) in [4.78, 5) is 20.0. The van der Waals surface area contributed by atoms with E-state index in [4.69, 9.17) is 0 Å². The van der Waals surface area contributed by atoms with Crippen molar-refractivity contribution in [2.24, 2.45) is 5.92 Å². The van der Waals surface area contributed by atoms with Crippen molar-refractivity contribution in [3.05, 3.63) is 35.5 Å². The number of hydrogen-bond donors (Lipinski definition) is 2. The van der Waals surface area contributed by atoms with E-state index < -0.39 is 0 Å². The predicted octanol–water partition coefficient (Wildman–Crippen LogP) is 1.56. The first-order valence-electron chi connectivity index (χ1n) is 9.47. The molecule has 1 aromatic carbocycles. The van der Waals surface area contributed by atoms with E-state index in [1.165, 1.54) is 28.5 Å². The summed E-state index contributed by atoms with van der Waals surface area (Å²) in [5.41, 5.74) is 4.28. The van der Waals surface area contributed by atoms with Crippen LogP contribution in [0.25, 0.3) is 10.9 Å². The highest BCUT2D eigenvalue weighted by Gasteiger charge is 2.39. The molecule has 5 heteroatoms. The van der Waals surface area contributed by atoms with Gasteiger partial charge < -0.3 is 15.2 Å². The maximum atomic E-state index is 11.7. The molecule has 25 heavy (non-hydrogen) atoms. The summed E-state index contributed by atoms with van der Waals surface area (Å²) >= 11 is 0. The van der Waals surface area contributed by atoms with Crippen molar-refractivity contribution in [3.8, 4) is 0 Å². The van der Waals surface area contributed by atoms with E-state index in [0.717, 1.165) is 32.6 Å². The quantitative estimate of drug-likeness (QED) is 0.874. The molecule has 2 aliphatic heterocycles. The lowest BCUT2D eigenvalue weighted by Crippen LogP contribution is -2.53. The molecule has 1 aromatic heterocycles. The molecule has 0 radical (unpaired) electrons. The fourth-order valence-electron chi connectivity index (χ4n) is 5.40. The van der Waals surface area contributed by atoms with Gasteiger partial charge in [0, 0.05) is 55.2 Å². The van der Waals surface area contributed by atoms with Crippen LogP contribution >= 0.6 is 0 Å². The molecule has 1 unspecified atom stereocenters. The van der Waals surface area contributed by atoms with Crippen molar-refractivity contribution < 1.29 is 4.79 Å². The molecule has 3 heterocycles. The molecule has 1 amide bonds. The molecule has 2 saturated heterocycles. The van der Waals surface area contributed by atoms with Crippen LogP contribution in [0.5, 0.6) is 0 Å². The number of carbonyl (C=O) groups excluding carboxylic acids is 1. The smallest absolute Gasteiger partial charge is 0.234 e. The fraction of sp³-hybridized carbons (Fsp3) is 0.550. The van der Waals surface area contributed by atoms with Crippen LogP contribution in [0.2, 0.25) is 0 Å². The summed E-state index contributed by atoms with van der Waals surface area (Å²) in [6.07, 6.45) is 4.59. The van der Waals surface area contributed by atoms with Gasteiger partial charge in [0.25, 0.3) is 0 Å². The van der Waals surface area contributed by atoms with Crippen molar-refractivity contribution in [3.63, 3.8) is 0 Å². The van der Waals surface area contributed by atoms with E-state index in [-0.39, 0.29) is 5.91 Å². The van der Waals surface area contributed by atoms with Crippen LogP contribution in [-0.4, -0.2) is 66.5 Å². The summed E-state index contributed by atoms with van der Waals surface area (Å²) < 4.78 is 0. The number of hydrogen-bond acceptors (Lipinski definition) is 3. The number of rotatable bonds is 2. The van der Waals surface area contributed by atoms with E-state index in [1.807, 2.05) is 0 Å². The Morgan fingerprint density at radius 2 is 2.24 bits per heavy atom. The zero-order chi connectivity index (χ0) is 17.0. The number of aromatic nitrogens is 1. The molecule has 0 saturated carbocycles. The van der Waals surface area contributed by atoms with Gasteiger partial charge in [-0.3, -0.25) is 9.69 Å². The minimum absolute atomic E-state index is 0.174. The Bertz CT molecular complexity index is 813. The average molecular weight is 338 g/mol. The number of likely N-dealkylation sites (N-methyl/N-ethyl adjacent to an activating group) is 1. The number of piperidine rings is 1. The summed E-state index contributed by atoms with van der Waals surface area (Å²) in [6, 6.07) is 7.33. The van der Waals surface area contributed by atoms with E-state index in [0.29, 0.717) is 24.4 Å².